The van der Waals surface area contributed by atoms with E-state index < -0.39 is 0 Å². The van der Waals surface area contributed by atoms with E-state index in [0.29, 0.717) is 0 Å². The summed E-state index contributed by atoms with van der Waals surface area (Å²) in [4.78, 5) is 2.23. The van der Waals surface area contributed by atoms with Crippen LogP contribution in [0.25, 0.3) is 22.0 Å². The van der Waals surface area contributed by atoms with Crippen LogP contribution in [0.3, 0.4) is 0 Å². The molecule has 4 aromatic rings. The zero-order valence-corrected chi connectivity index (χ0v) is 17.8. The maximum absolute atomic E-state index is 4.73. The van der Waals surface area contributed by atoms with Crippen LogP contribution in [0.1, 0.15) is 35.2 Å². The van der Waals surface area contributed by atoms with Crippen molar-refractivity contribution in [2.75, 3.05) is 11.9 Å². The van der Waals surface area contributed by atoms with Crippen molar-refractivity contribution in [2.24, 2.45) is 0 Å². The monoisotopic (exact) mass is 381 g/mol. The van der Waals surface area contributed by atoms with Crippen LogP contribution >= 0.6 is 0 Å². The van der Waals surface area contributed by atoms with Crippen LogP contribution in [-0.2, 0) is 0 Å². The topological polar surface area (TPSA) is 29.0 Å². The van der Waals surface area contributed by atoms with Gasteiger partial charge in [0.1, 0.15) is 5.69 Å². The van der Waals surface area contributed by atoms with Crippen LogP contribution in [0.15, 0.2) is 66.7 Å². The summed E-state index contributed by atoms with van der Waals surface area (Å²) in [7, 11) is 2.10. The summed E-state index contributed by atoms with van der Waals surface area (Å²) in [6, 6.07) is 23.6. The van der Waals surface area contributed by atoms with Gasteiger partial charge in [0.05, 0.1) is 6.04 Å². The smallest absolute Gasteiger partial charge is 0.159 e. The predicted molar refractivity (Wildman–Crippen MR) is 122 cm³/mol. The van der Waals surface area contributed by atoms with Crippen molar-refractivity contribution in [1.82, 2.24) is 10.2 Å². The lowest BCUT2D eigenvalue weighted by atomic mass is 9.96. The van der Waals surface area contributed by atoms with Crippen molar-refractivity contribution in [3.8, 4) is 11.3 Å². The van der Waals surface area contributed by atoms with Crippen molar-refractivity contribution < 1.29 is 0 Å². The minimum Gasteiger partial charge on any atom is -0.351 e. The van der Waals surface area contributed by atoms with E-state index in [1.807, 2.05) is 0 Å². The first-order valence-corrected chi connectivity index (χ1v) is 10.1. The van der Waals surface area contributed by atoms with E-state index >= 15 is 0 Å². The van der Waals surface area contributed by atoms with Crippen LogP contribution in [0.4, 0.5) is 5.82 Å². The first-order chi connectivity index (χ1) is 14.0. The Morgan fingerprint density at radius 1 is 0.690 bits per heavy atom. The second kappa shape index (κ2) is 7.67. The van der Waals surface area contributed by atoms with Gasteiger partial charge in [-0.15, -0.1) is 10.2 Å². The molecular weight excluding hydrogens is 354 g/mol. The maximum Gasteiger partial charge on any atom is 0.159 e. The molecular formula is C26H27N3. The highest BCUT2D eigenvalue weighted by atomic mass is 15.3. The number of aromatic nitrogens is 2. The van der Waals surface area contributed by atoms with E-state index in [1.165, 1.54) is 27.8 Å². The van der Waals surface area contributed by atoms with Gasteiger partial charge >= 0.3 is 0 Å². The number of hydrogen-bond acceptors (Lipinski definition) is 3. The molecule has 146 valence electrons. The molecule has 0 N–H and O–H groups in total. The Kier molecular flexibility index (Phi) is 5.06. The molecule has 0 saturated carbocycles. The fourth-order valence-electron chi connectivity index (χ4n) is 4.17. The summed E-state index contributed by atoms with van der Waals surface area (Å²) in [5, 5.41) is 11.7. The number of benzene rings is 3. The lowest BCUT2D eigenvalue weighted by Gasteiger charge is -2.28. The number of rotatable bonds is 4. The highest BCUT2D eigenvalue weighted by Gasteiger charge is 2.20. The Bertz CT molecular complexity index is 1160. The molecule has 1 unspecified atom stereocenters. The van der Waals surface area contributed by atoms with Gasteiger partial charge in [0.25, 0.3) is 0 Å². The van der Waals surface area contributed by atoms with Crippen LogP contribution in [0.2, 0.25) is 0 Å². The number of anilines is 1. The first kappa shape index (κ1) is 19.1. The molecule has 0 saturated heterocycles. The summed E-state index contributed by atoms with van der Waals surface area (Å²) >= 11 is 0. The standard InChI is InChI=1S/C26H27N3/c1-17-11-6-7-14-21(17)20(4)29(5)26-23-16-9-8-15-22(23)25(27-28-26)24-18(2)12-10-13-19(24)3/h6-16,20H,1-5H3. The second-order valence-corrected chi connectivity index (χ2v) is 7.83. The first-order valence-electron chi connectivity index (χ1n) is 10.1. The Labute approximate surface area is 173 Å². The van der Waals surface area contributed by atoms with Crippen molar-refractivity contribution >= 4 is 16.6 Å². The van der Waals surface area contributed by atoms with Crippen LogP contribution in [0, 0.1) is 20.8 Å². The summed E-state index contributed by atoms with van der Waals surface area (Å²) in [6.07, 6.45) is 0. The largest absolute Gasteiger partial charge is 0.351 e. The zero-order valence-electron chi connectivity index (χ0n) is 17.8. The van der Waals surface area contributed by atoms with Gasteiger partial charge in [-0.25, -0.2) is 0 Å². The number of nitrogens with zero attached hydrogens (tertiary/aromatic N) is 3. The molecule has 29 heavy (non-hydrogen) atoms. The minimum atomic E-state index is 0.194. The Morgan fingerprint density at radius 3 is 1.97 bits per heavy atom. The molecule has 0 bridgehead atoms. The molecule has 0 amide bonds. The maximum atomic E-state index is 4.73. The summed E-state index contributed by atoms with van der Waals surface area (Å²) in [6.45, 7) is 8.66. The third kappa shape index (κ3) is 3.38. The van der Waals surface area contributed by atoms with Gasteiger partial charge in [0, 0.05) is 23.4 Å². The SMILES string of the molecule is Cc1ccccc1C(C)N(C)c1nnc(-c2c(C)cccc2C)c2ccccc12. The Morgan fingerprint density at radius 2 is 1.28 bits per heavy atom. The van der Waals surface area contributed by atoms with Gasteiger partial charge in [-0.05, 0) is 49.9 Å². The van der Waals surface area contributed by atoms with Crippen molar-refractivity contribution in [2.45, 2.75) is 33.7 Å². The number of aryl methyl sites for hydroxylation is 3. The molecule has 3 aromatic carbocycles. The quantitative estimate of drug-likeness (QED) is 0.408. The highest BCUT2D eigenvalue weighted by molar-refractivity contribution is 6.01. The second-order valence-electron chi connectivity index (χ2n) is 7.83. The Balaban J connectivity index is 1.87. The van der Waals surface area contributed by atoms with Gasteiger partial charge in [-0.1, -0.05) is 66.7 Å². The van der Waals surface area contributed by atoms with Gasteiger partial charge in [0.2, 0.25) is 0 Å². The lowest BCUT2D eigenvalue weighted by Crippen LogP contribution is -2.24. The third-order valence-electron chi connectivity index (χ3n) is 5.94. The predicted octanol–water partition coefficient (Wildman–Crippen LogP) is 6.42. The molecule has 1 aromatic heterocycles. The molecule has 3 heteroatoms. The summed E-state index contributed by atoms with van der Waals surface area (Å²) < 4.78 is 0. The van der Waals surface area contributed by atoms with Crippen molar-refractivity contribution in [1.29, 1.82) is 0 Å². The molecule has 0 aliphatic rings. The molecule has 3 nitrogen and oxygen atoms in total. The fourth-order valence-corrected chi connectivity index (χ4v) is 4.17. The number of fused-ring (bicyclic) bond motifs is 1. The van der Waals surface area contributed by atoms with E-state index in [0.717, 1.165) is 22.3 Å². The minimum absolute atomic E-state index is 0.194. The van der Waals surface area contributed by atoms with Gasteiger partial charge in [0.15, 0.2) is 5.82 Å². The van der Waals surface area contributed by atoms with Gasteiger partial charge in [-0.3, -0.25) is 0 Å². The molecule has 0 aliphatic carbocycles. The normalized spacial score (nSPS) is 12.2. The van der Waals surface area contributed by atoms with Gasteiger partial charge in [-0.2, -0.15) is 0 Å². The average Bonchev–Trinajstić information content (AvgIpc) is 2.73. The van der Waals surface area contributed by atoms with E-state index in [2.05, 4.69) is 106 Å². The molecule has 0 fully saturated rings. The van der Waals surface area contributed by atoms with Crippen molar-refractivity contribution in [3.05, 3.63) is 89.0 Å². The van der Waals surface area contributed by atoms with Crippen LogP contribution in [-0.4, -0.2) is 17.2 Å². The molecule has 0 radical (unpaired) electrons. The lowest BCUT2D eigenvalue weighted by molar-refractivity contribution is 0.720. The molecule has 1 atom stereocenters. The Hall–Kier alpha value is -3.20. The highest BCUT2D eigenvalue weighted by Crippen LogP contribution is 2.36. The van der Waals surface area contributed by atoms with E-state index in [9.17, 15) is 0 Å². The van der Waals surface area contributed by atoms with Gasteiger partial charge < -0.3 is 4.90 Å². The van der Waals surface area contributed by atoms with E-state index in [4.69, 9.17) is 10.2 Å². The third-order valence-corrected chi connectivity index (χ3v) is 5.94. The summed E-state index contributed by atoms with van der Waals surface area (Å²) in [5.74, 6) is 0.909. The van der Waals surface area contributed by atoms with E-state index in [-0.39, 0.29) is 6.04 Å². The zero-order chi connectivity index (χ0) is 20.5. The molecule has 1 heterocycles. The van der Waals surface area contributed by atoms with Crippen molar-refractivity contribution in [3.63, 3.8) is 0 Å². The molecule has 0 aliphatic heterocycles. The summed E-state index contributed by atoms with van der Waals surface area (Å²) in [5.41, 5.74) is 7.17. The molecule has 4 rings (SSSR count). The average molecular weight is 382 g/mol. The fraction of sp³-hybridized carbons (Fsp3) is 0.231. The molecule has 0 spiro atoms. The van der Waals surface area contributed by atoms with E-state index in [1.54, 1.807) is 0 Å². The number of hydrogen-bond donors (Lipinski definition) is 0. The van der Waals surface area contributed by atoms with Crippen LogP contribution in [0.5, 0.6) is 0 Å². The van der Waals surface area contributed by atoms with Crippen LogP contribution < -0.4 is 4.90 Å².